The molecule has 0 saturated heterocycles. The van der Waals surface area contributed by atoms with Gasteiger partial charge in [0.2, 0.25) is 15.9 Å². The zero-order chi connectivity index (χ0) is 20.9. The number of hydrogen-bond donors (Lipinski definition) is 2. The van der Waals surface area contributed by atoms with Crippen LogP contribution in [0.15, 0.2) is 60.2 Å². The molecule has 0 saturated carbocycles. The van der Waals surface area contributed by atoms with Crippen molar-refractivity contribution in [2.45, 2.75) is 13.0 Å². The van der Waals surface area contributed by atoms with E-state index in [9.17, 15) is 13.2 Å². The monoisotopic (exact) mass is 428 g/mol. The molecule has 0 aliphatic carbocycles. The highest BCUT2D eigenvalue weighted by molar-refractivity contribution is 7.92. The molecule has 0 aliphatic heterocycles. The Morgan fingerprint density at radius 3 is 2.48 bits per heavy atom. The quantitative estimate of drug-likeness (QED) is 0.561. The molecule has 1 atom stereocenters. The van der Waals surface area contributed by atoms with Crippen LogP contribution in [0, 0.1) is 0 Å². The summed E-state index contributed by atoms with van der Waals surface area (Å²) < 4.78 is 24.8. The number of thiazole rings is 1. The largest absolute Gasteiger partial charge is 0.344 e. The van der Waals surface area contributed by atoms with Gasteiger partial charge in [0, 0.05) is 35.1 Å². The number of carbonyl (C=O) groups excluding carboxylic acids is 1. The van der Waals surface area contributed by atoms with E-state index < -0.39 is 10.0 Å². The lowest BCUT2D eigenvalue weighted by Gasteiger charge is -2.09. The first kappa shape index (κ1) is 20.7. The average molecular weight is 429 g/mol. The van der Waals surface area contributed by atoms with Crippen LogP contribution in [0.2, 0.25) is 0 Å². The summed E-state index contributed by atoms with van der Waals surface area (Å²) in [7, 11) is -3.31. The molecule has 9 heteroatoms. The summed E-state index contributed by atoms with van der Waals surface area (Å²) in [6, 6.07) is 10.3. The number of pyridine rings is 1. The number of benzene rings is 1. The molecule has 2 heterocycles. The van der Waals surface area contributed by atoms with Gasteiger partial charge in [0.15, 0.2) is 0 Å². The van der Waals surface area contributed by atoms with E-state index in [1.807, 2.05) is 24.4 Å². The first-order valence-electron chi connectivity index (χ1n) is 8.72. The number of aromatic nitrogens is 2. The first-order chi connectivity index (χ1) is 13.8. The van der Waals surface area contributed by atoms with Crippen LogP contribution in [0.25, 0.3) is 17.3 Å². The Kier molecular flexibility index (Phi) is 6.40. The molecular weight excluding hydrogens is 408 g/mol. The van der Waals surface area contributed by atoms with Crippen LogP contribution < -0.4 is 10.0 Å². The summed E-state index contributed by atoms with van der Waals surface area (Å²) in [5.41, 5.74) is 3.08. The Hall–Kier alpha value is -3.04. The summed E-state index contributed by atoms with van der Waals surface area (Å²) >= 11 is 1.49. The Balaban J connectivity index is 1.58. The second-order valence-electron chi connectivity index (χ2n) is 6.37. The Morgan fingerprint density at radius 2 is 1.83 bits per heavy atom. The van der Waals surface area contributed by atoms with E-state index in [0.29, 0.717) is 5.69 Å². The molecule has 150 valence electrons. The minimum absolute atomic E-state index is 0.228. The maximum atomic E-state index is 12.2. The topological polar surface area (TPSA) is 101 Å². The van der Waals surface area contributed by atoms with E-state index in [1.165, 1.54) is 17.4 Å². The van der Waals surface area contributed by atoms with E-state index in [0.717, 1.165) is 28.1 Å². The van der Waals surface area contributed by atoms with Crippen LogP contribution in [0.3, 0.4) is 0 Å². The van der Waals surface area contributed by atoms with Gasteiger partial charge >= 0.3 is 0 Å². The number of nitrogens with zero attached hydrogens (tertiary/aromatic N) is 2. The standard InChI is InChI=1S/C20H20N4O3S2/c1-14(20-23-18(13-28-20)16-9-11-21-12-10-16)22-19(25)8-5-15-3-6-17(7-4-15)24-29(2,26)27/h3-14,24H,1-2H3,(H,22,25). The second kappa shape index (κ2) is 8.97. The fourth-order valence-corrected chi connectivity index (χ4v) is 3.91. The molecule has 1 amide bonds. The van der Waals surface area contributed by atoms with Crippen molar-refractivity contribution in [3.8, 4) is 11.3 Å². The smallest absolute Gasteiger partial charge is 0.244 e. The number of rotatable bonds is 7. The van der Waals surface area contributed by atoms with Crippen molar-refractivity contribution in [1.29, 1.82) is 0 Å². The van der Waals surface area contributed by atoms with Gasteiger partial charge in [0.1, 0.15) is 5.01 Å². The lowest BCUT2D eigenvalue weighted by Crippen LogP contribution is -2.24. The van der Waals surface area contributed by atoms with Crippen LogP contribution in [0.5, 0.6) is 0 Å². The Bertz CT molecular complexity index is 1110. The van der Waals surface area contributed by atoms with Gasteiger partial charge in [-0.05, 0) is 42.8 Å². The second-order valence-corrected chi connectivity index (χ2v) is 9.00. The fourth-order valence-electron chi connectivity index (χ4n) is 2.51. The molecule has 0 bridgehead atoms. The van der Waals surface area contributed by atoms with Gasteiger partial charge in [-0.3, -0.25) is 14.5 Å². The fraction of sp³-hybridized carbons (Fsp3) is 0.150. The number of anilines is 1. The maximum absolute atomic E-state index is 12.2. The lowest BCUT2D eigenvalue weighted by molar-refractivity contribution is -0.117. The highest BCUT2D eigenvalue weighted by Crippen LogP contribution is 2.25. The number of amides is 1. The molecule has 0 radical (unpaired) electrons. The van der Waals surface area contributed by atoms with E-state index in [-0.39, 0.29) is 11.9 Å². The normalized spacial score (nSPS) is 12.6. The molecule has 3 aromatic rings. The van der Waals surface area contributed by atoms with Gasteiger partial charge in [-0.15, -0.1) is 11.3 Å². The molecule has 0 spiro atoms. The van der Waals surface area contributed by atoms with E-state index >= 15 is 0 Å². The zero-order valence-electron chi connectivity index (χ0n) is 15.9. The van der Waals surface area contributed by atoms with Gasteiger partial charge in [-0.25, -0.2) is 13.4 Å². The van der Waals surface area contributed by atoms with Gasteiger partial charge in [0.05, 0.1) is 18.0 Å². The molecule has 2 N–H and O–H groups in total. The van der Waals surface area contributed by atoms with Gasteiger partial charge in [-0.2, -0.15) is 0 Å². The summed E-state index contributed by atoms with van der Waals surface area (Å²) in [5.74, 6) is -0.239. The molecule has 0 fully saturated rings. The Labute approximate surface area is 173 Å². The lowest BCUT2D eigenvalue weighted by atomic mass is 10.2. The predicted octanol–water partition coefficient (Wildman–Crippen LogP) is 3.47. The van der Waals surface area contributed by atoms with Gasteiger partial charge < -0.3 is 5.32 Å². The maximum Gasteiger partial charge on any atom is 0.244 e. The van der Waals surface area contributed by atoms with E-state index in [2.05, 4.69) is 20.0 Å². The third kappa shape index (κ3) is 6.23. The minimum Gasteiger partial charge on any atom is -0.344 e. The molecule has 7 nitrogen and oxygen atoms in total. The third-order valence-corrected chi connectivity index (χ3v) is 5.50. The van der Waals surface area contributed by atoms with Crippen molar-refractivity contribution in [2.24, 2.45) is 0 Å². The van der Waals surface area contributed by atoms with E-state index in [4.69, 9.17) is 0 Å². The molecule has 3 rings (SSSR count). The summed E-state index contributed by atoms with van der Waals surface area (Å²) in [6.07, 6.45) is 7.63. The SMILES string of the molecule is CC(NC(=O)C=Cc1ccc(NS(C)(=O)=O)cc1)c1nc(-c2ccncc2)cs1. The van der Waals surface area contributed by atoms with Crippen LogP contribution in [-0.4, -0.2) is 30.5 Å². The summed E-state index contributed by atoms with van der Waals surface area (Å²) in [5, 5.41) is 5.66. The van der Waals surface area contributed by atoms with Crippen LogP contribution >= 0.6 is 11.3 Å². The molecule has 0 aliphatic rings. The van der Waals surface area contributed by atoms with E-state index in [1.54, 1.807) is 42.7 Å². The van der Waals surface area contributed by atoms with Crippen molar-refractivity contribution in [2.75, 3.05) is 11.0 Å². The van der Waals surface area contributed by atoms with Crippen LogP contribution in [0.1, 0.15) is 23.5 Å². The third-order valence-electron chi connectivity index (χ3n) is 3.87. The van der Waals surface area contributed by atoms with Gasteiger partial charge in [0.25, 0.3) is 0 Å². The molecule has 1 unspecified atom stereocenters. The van der Waals surface area contributed by atoms with Gasteiger partial charge in [-0.1, -0.05) is 12.1 Å². The average Bonchev–Trinajstić information content (AvgIpc) is 3.17. The van der Waals surface area contributed by atoms with Crippen molar-refractivity contribution >= 4 is 39.0 Å². The highest BCUT2D eigenvalue weighted by atomic mass is 32.2. The Morgan fingerprint density at radius 1 is 1.14 bits per heavy atom. The first-order valence-corrected chi connectivity index (χ1v) is 11.5. The molecule has 1 aromatic carbocycles. The van der Waals surface area contributed by atoms with Crippen molar-refractivity contribution in [3.05, 3.63) is 70.8 Å². The zero-order valence-corrected chi connectivity index (χ0v) is 17.5. The summed E-state index contributed by atoms with van der Waals surface area (Å²) in [6.45, 7) is 1.88. The molecule has 29 heavy (non-hydrogen) atoms. The minimum atomic E-state index is -3.31. The highest BCUT2D eigenvalue weighted by Gasteiger charge is 2.13. The number of carbonyl (C=O) groups is 1. The molecular formula is C20H20N4O3S2. The van der Waals surface area contributed by atoms with Crippen LogP contribution in [-0.2, 0) is 14.8 Å². The van der Waals surface area contributed by atoms with Crippen molar-refractivity contribution in [3.63, 3.8) is 0 Å². The van der Waals surface area contributed by atoms with Crippen LogP contribution in [0.4, 0.5) is 5.69 Å². The molecule has 2 aromatic heterocycles. The summed E-state index contributed by atoms with van der Waals surface area (Å²) in [4.78, 5) is 20.8. The van der Waals surface area contributed by atoms with Crippen molar-refractivity contribution in [1.82, 2.24) is 15.3 Å². The van der Waals surface area contributed by atoms with Crippen molar-refractivity contribution < 1.29 is 13.2 Å². The number of hydrogen-bond acceptors (Lipinski definition) is 6. The number of sulfonamides is 1. The predicted molar refractivity (Wildman–Crippen MR) is 116 cm³/mol. The number of nitrogens with one attached hydrogen (secondary N) is 2.